The Morgan fingerprint density at radius 2 is 1.77 bits per heavy atom. The first kappa shape index (κ1) is 19.3. The van der Waals surface area contributed by atoms with E-state index in [0.717, 1.165) is 0 Å². The highest BCUT2D eigenvalue weighted by Crippen LogP contribution is 2.27. The number of carbonyl (C=O) groups is 2. The summed E-state index contributed by atoms with van der Waals surface area (Å²) in [6.45, 7) is 9.61. The summed E-state index contributed by atoms with van der Waals surface area (Å²) in [5.41, 5.74) is -0.670. The number of carbonyl (C=O) groups excluding carboxylic acids is 2. The maximum absolute atomic E-state index is 12.5. The fourth-order valence-corrected chi connectivity index (χ4v) is 3.70. The Labute approximate surface area is 134 Å². The van der Waals surface area contributed by atoms with Gasteiger partial charge in [0.05, 0.1) is 11.3 Å². The highest BCUT2D eigenvalue weighted by atomic mass is 32.2. The summed E-state index contributed by atoms with van der Waals surface area (Å²) in [5, 5.41) is -0.956. The van der Waals surface area contributed by atoms with E-state index in [-0.39, 0.29) is 11.7 Å². The zero-order chi connectivity index (χ0) is 17.1. The topological polar surface area (TPSA) is 86.7 Å². The van der Waals surface area contributed by atoms with Crippen LogP contribution in [0.5, 0.6) is 0 Å². The molecule has 0 radical (unpaired) electrons. The van der Waals surface area contributed by atoms with Gasteiger partial charge in [-0.3, -0.25) is 18.7 Å². The van der Waals surface area contributed by atoms with Crippen LogP contribution in [0.25, 0.3) is 0 Å². The molecule has 22 heavy (non-hydrogen) atoms. The molecule has 7 heteroatoms. The maximum atomic E-state index is 12.5. The molecule has 1 aliphatic heterocycles. The van der Waals surface area contributed by atoms with E-state index in [4.69, 9.17) is 4.74 Å². The number of ketones is 1. The second-order valence-corrected chi connectivity index (χ2v) is 8.03. The molecule has 0 saturated carbocycles. The Morgan fingerprint density at radius 1 is 1.27 bits per heavy atom. The number of Topliss-reactive ketones (excluding diaryl/α,β-unsaturated/α-hetero) is 1. The molecule has 1 rings (SSSR count). The minimum atomic E-state index is -2.45. The van der Waals surface area contributed by atoms with Crippen molar-refractivity contribution in [2.45, 2.75) is 58.4 Å². The average Bonchev–Trinajstić information content (AvgIpc) is 2.33. The Bertz CT molecular complexity index is 434. The van der Waals surface area contributed by atoms with Gasteiger partial charge in [-0.05, 0) is 37.8 Å². The Balaban J connectivity index is 2.99. The van der Waals surface area contributed by atoms with Gasteiger partial charge < -0.3 is 9.29 Å². The summed E-state index contributed by atoms with van der Waals surface area (Å²) < 4.78 is 28.9. The molecule has 0 amide bonds. The molecule has 1 heterocycles. The summed E-state index contributed by atoms with van der Waals surface area (Å²) in [7, 11) is 0. The first-order valence-electron chi connectivity index (χ1n) is 7.59. The third-order valence-electron chi connectivity index (χ3n) is 3.62. The van der Waals surface area contributed by atoms with Crippen LogP contribution >= 0.6 is 0 Å². The Kier molecular flexibility index (Phi) is 6.70. The van der Waals surface area contributed by atoms with Crippen molar-refractivity contribution in [2.75, 3.05) is 13.1 Å². The number of piperidine rings is 1. The predicted molar refractivity (Wildman–Crippen MR) is 82.7 cm³/mol. The van der Waals surface area contributed by atoms with Gasteiger partial charge >= 0.3 is 5.97 Å². The fourth-order valence-electron chi connectivity index (χ4n) is 2.58. The summed E-state index contributed by atoms with van der Waals surface area (Å²) in [6, 6.07) is 0. The SMILES string of the molecule is CC(C)C(C(=O)OC(C)(C)C)C(N1CCC(=O)CC1)S(=O)[O-]. The van der Waals surface area contributed by atoms with Crippen molar-refractivity contribution in [3.05, 3.63) is 0 Å². The fraction of sp³-hybridized carbons (Fsp3) is 0.867. The molecule has 6 nitrogen and oxygen atoms in total. The lowest BCUT2D eigenvalue weighted by Gasteiger charge is -2.40. The van der Waals surface area contributed by atoms with Gasteiger partial charge in [-0.1, -0.05) is 13.8 Å². The predicted octanol–water partition coefficient (Wildman–Crippen LogP) is 1.47. The van der Waals surface area contributed by atoms with Crippen LogP contribution in [-0.4, -0.2) is 49.5 Å². The molecule has 0 bridgehead atoms. The van der Waals surface area contributed by atoms with Gasteiger partial charge in [0.15, 0.2) is 0 Å². The van der Waals surface area contributed by atoms with Crippen molar-refractivity contribution >= 4 is 22.8 Å². The normalized spacial score (nSPS) is 21.5. The van der Waals surface area contributed by atoms with Gasteiger partial charge in [0.25, 0.3) is 0 Å². The lowest BCUT2D eigenvalue weighted by Crippen LogP contribution is -2.52. The molecule has 0 aromatic rings. The van der Waals surface area contributed by atoms with Gasteiger partial charge in [-0.25, -0.2) is 0 Å². The molecule has 1 aliphatic rings. The largest absolute Gasteiger partial charge is 0.771 e. The number of ether oxygens (including phenoxy) is 1. The van der Waals surface area contributed by atoms with Crippen molar-refractivity contribution < 1.29 is 23.1 Å². The van der Waals surface area contributed by atoms with Crippen LogP contribution in [0.3, 0.4) is 0 Å². The third-order valence-corrected chi connectivity index (χ3v) is 4.60. The van der Waals surface area contributed by atoms with Crippen LogP contribution in [0.2, 0.25) is 0 Å². The molecular formula is C15H26NO5S-. The van der Waals surface area contributed by atoms with Crippen LogP contribution in [0, 0.1) is 11.8 Å². The second-order valence-electron chi connectivity index (χ2n) is 7.03. The van der Waals surface area contributed by atoms with Crippen molar-refractivity contribution in [1.82, 2.24) is 4.90 Å². The first-order valence-corrected chi connectivity index (χ1v) is 8.73. The second kappa shape index (κ2) is 7.66. The lowest BCUT2D eigenvalue weighted by molar-refractivity contribution is -0.163. The Morgan fingerprint density at radius 3 is 2.14 bits per heavy atom. The van der Waals surface area contributed by atoms with Crippen molar-refractivity contribution in [2.24, 2.45) is 11.8 Å². The van der Waals surface area contributed by atoms with E-state index in [1.807, 2.05) is 13.8 Å². The van der Waals surface area contributed by atoms with Crippen LogP contribution < -0.4 is 0 Å². The third kappa shape index (κ3) is 5.44. The first-order chi connectivity index (χ1) is 10.0. The molecular weight excluding hydrogens is 306 g/mol. The van der Waals surface area contributed by atoms with Crippen molar-refractivity contribution in [1.29, 1.82) is 0 Å². The summed E-state index contributed by atoms with van der Waals surface area (Å²) in [4.78, 5) is 25.5. The summed E-state index contributed by atoms with van der Waals surface area (Å²) in [6.07, 6.45) is 0.652. The van der Waals surface area contributed by atoms with Crippen LogP contribution in [0.1, 0.15) is 47.5 Å². The highest BCUT2D eigenvalue weighted by Gasteiger charge is 2.39. The maximum Gasteiger partial charge on any atom is 0.312 e. The molecule has 0 aromatic heterocycles. The van der Waals surface area contributed by atoms with Crippen LogP contribution in [-0.2, 0) is 25.4 Å². The van der Waals surface area contributed by atoms with Crippen LogP contribution in [0.15, 0.2) is 0 Å². The molecule has 0 aliphatic carbocycles. The molecule has 3 unspecified atom stereocenters. The van der Waals surface area contributed by atoms with Gasteiger partial charge in [0, 0.05) is 25.9 Å². The average molecular weight is 332 g/mol. The Hall–Kier alpha value is -0.790. The molecule has 3 atom stereocenters. The van der Waals surface area contributed by atoms with Crippen molar-refractivity contribution in [3.63, 3.8) is 0 Å². The van der Waals surface area contributed by atoms with Gasteiger partial charge in [-0.2, -0.15) is 0 Å². The number of likely N-dealkylation sites (tertiary alicyclic amines) is 1. The highest BCUT2D eigenvalue weighted by molar-refractivity contribution is 7.79. The number of hydrogen-bond acceptors (Lipinski definition) is 6. The summed E-state index contributed by atoms with van der Waals surface area (Å²) >= 11 is -2.45. The summed E-state index contributed by atoms with van der Waals surface area (Å²) in [5.74, 6) is -1.33. The number of esters is 1. The van der Waals surface area contributed by atoms with Crippen LogP contribution in [0.4, 0.5) is 0 Å². The van der Waals surface area contributed by atoms with E-state index >= 15 is 0 Å². The molecule has 1 saturated heterocycles. The van der Waals surface area contributed by atoms with Gasteiger partial charge in [0.1, 0.15) is 11.4 Å². The standard InChI is InChI=1S/C15H27NO5S/c1-10(2)12(14(18)21-15(3,4)5)13(22(19)20)16-8-6-11(17)7-9-16/h10,12-13H,6-9H2,1-5H3,(H,19,20)/p-1. The minimum Gasteiger partial charge on any atom is -0.771 e. The van der Waals surface area contributed by atoms with Crippen molar-refractivity contribution in [3.8, 4) is 0 Å². The van der Waals surface area contributed by atoms with E-state index in [9.17, 15) is 18.4 Å². The van der Waals surface area contributed by atoms with E-state index in [1.165, 1.54) is 0 Å². The molecule has 1 fully saturated rings. The molecule has 0 spiro atoms. The van der Waals surface area contributed by atoms with Gasteiger partial charge in [-0.15, -0.1) is 0 Å². The number of nitrogens with zero attached hydrogens (tertiary/aromatic N) is 1. The number of rotatable bonds is 5. The quantitative estimate of drug-likeness (QED) is 0.560. The zero-order valence-corrected chi connectivity index (χ0v) is 14.8. The van der Waals surface area contributed by atoms with E-state index < -0.39 is 33.9 Å². The van der Waals surface area contributed by atoms with E-state index in [0.29, 0.717) is 25.9 Å². The van der Waals surface area contributed by atoms with Gasteiger partial charge in [0.2, 0.25) is 0 Å². The minimum absolute atomic E-state index is 0.130. The van der Waals surface area contributed by atoms with E-state index in [2.05, 4.69) is 0 Å². The number of hydrogen-bond donors (Lipinski definition) is 0. The molecule has 0 N–H and O–H groups in total. The monoisotopic (exact) mass is 332 g/mol. The molecule has 128 valence electrons. The molecule has 0 aromatic carbocycles. The lowest BCUT2D eigenvalue weighted by atomic mass is 9.93. The smallest absolute Gasteiger partial charge is 0.312 e. The van der Waals surface area contributed by atoms with E-state index in [1.54, 1.807) is 25.7 Å². The zero-order valence-electron chi connectivity index (χ0n) is 14.0.